The summed E-state index contributed by atoms with van der Waals surface area (Å²) in [5.74, 6) is 0. The predicted octanol–water partition coefficient (Wildman–Crippen LogP) is 7.05. The fourth-order valence-corrected chi connectivity index (χ4v) is 3.91. The van der Waals surface area contributed by atoms with Gasteiger partial charge in [-0.05, 0) is 73.4 Å². The number of nitrogens with zero attached hydrogens (tertiary/aromatic N) is 1. The molecule has 3 heteroatoms. The fraction of sp³-hybridized carbons (Fsp3) is 0.391. The Hall–Kier alpha value is -1.38. The molecule has 0 atom stereocenters. The second-order valence-electron chi connectivity index (χ2n) is 6.70. The lowest BCUT2D eigenvalue weighted by Crippen LogP contribution is -2.24. The summed E-state index contributed by atoms with van der Waals surface area (Å²) in [5.41, 5.74) is 6.27. The van der Waals surface area contributed by atoms with Gasteiger partial charge in [0.05, 0.1) is 0 Å². The normalized spacial score (nSPS) is 10.8. The van der Waals surface area contributed by atoms with Crippen molar-refractivity contribution in [2.75, 3.05) is 19.3 Å². The van der Waals surface area contributed by atoms with E-state index in [1.165, 1.54) is 27.1 Å². The van der Waals surface area contributed by atoms with Crippen molar-refractivity contribution in [1.82, 2.24) is 4.90 Å². The quantitative estimate of drug-likeness (QED) is 0.424. The van der Waals surface area contributed by atoms with E-state index in [-0.39, 0.29) is 0 Å². The van der Waals surface area contributed by atoms with Gasteiger partial charge in [0.15, 0.2) is 0 Å². The molecule has 0 bridgehead atoms. The summed E-state index contributed by atoms with van der Waals surface area (Å²) in [6.45, 7) is 13.2. The van der Waals surface area contributed by atoms with Crippen LogP contribution < -0.4 is 0 Å². The Kier molecular flexibility index (Phi) is 8.12. The molecule has 0 fully saturated rings. The lowest BCUT2D eigenvalue weighted by molar-refractivity contribution is 0.396. The molecular formula is C23H30ClNS. The van der Waals surface area contributed by atoms with E-state index in [9.17, 15) is 0 Å². The van der Waals surface area contributed by atoms with Crippen molar-refractivity contribution in [1.29, 1.82) is 0 Å². The second-order valence-corrected chi connectivity index (χ2v) is 8.02. The lowest BCUT2D eigenvalue weighted by Gasteiger charge is -2.28. The van der Waals surface area contributed by atoms with E-state index in [1.54, 1.807) is 11.8 Å². The highest BCUT2D eigenvalue weighted by Crippen LogP contribution is 2.29. The summed E-state index contributed by atoms with van der Waals surface area (Å²) < 4.78 is 0. The van der Waals surface area contributed by atoms with Gasteiger partial charge in [-0.3, -0.25) is 0 Å². The Balaban J connectivity index is 2.43. The maximum atomic E-state index is 6.25. The first-order chi connectivity index (χ1) is 12.5. The van der Waals surface area contributed by atoms with Crippen molar-refractivity contribution in [3.63, 3.8) is 0 Å². The first-order valence-electron chi connectivity index (χ1n) is 9.36. The van der Waals surface area contributed by atoms with Crippen LogP contribution in [0.5, 0.6) is 0 Å². The largest absolute Gasteiger partial charge is 0.372 e. The first-order valence-corrected chi connectivity index (χ1v) is 11.0. The molecule has 0 aliphatic heterocycles. The molecule has 2 aromatic rings. The SMILES string of the molecule is C=C(c1ccc(SC)cc1Cc1cc(Cl)ccc1C)N(CCC)CCC. The minimum atomic E-state index is 0.797. The molecule has 0 radical (unpaired) electrons. The zero-order valence-corrected chi connectivity index (χ0v) is 18.0. The molecule has 2 rings (SSSR count). The number of hydrogen-bond donors (Lipinski definition) is 0. The third kappa shape index (κ3) is 5.31. The van der Waals surface area contributed by atoms with Crippen molar-refractivity contribution in [2.45, 2.75) is 44.9 Å². The van der Waals surface area contributed by atoms with Gasteiger partial charge in [-0.1, -0.05) is 44.2 Å². The smallest absolute Gasteiger partial charge is 0.0409 e. The van der Waals surface area contributed by atoms with Gasteiger partial charge in [0.2, 0.25) is 0 Å². The minimum Gasteiger partial charge on any atom is -0.372 e. The van der Waals surface area contributed by atoms with Gasteiger partial charge in [-0.2, -0.15) is 0 Å². The van der Waals surface area contributed by atoms with Gasteiger partial charge in [0.25, 0.3) is 0 Å². The minimum absolute atomic E-state index is 0.797. The number of halogens is 1. The van der Waals surface area contributed by atoms with E-state index in [0.717, 1.165) is 43.1 Å². The van der Waals surface area contributed by atoms with Crippen LogP contribution in [0.3, 0.4) is 0 Å². The number of aryl methyl sites for hydroxylation is 1. The van der Waals surface area contributed by atoms with E-state index >= 15 is 0 Å². The molecule has 0 amide bonds. The maximum absolute atomic E-state index is 6.25. The van der Waals surface area contributed by atoms with E-state index in [0.29, 0.717) is 0 Å². The highest BCUT2D eigenvalue weighted by molar-refractivity contribution is 7.98. The van der Waals surface area contributed by atoms with E-state index in [2.05, 4.69) is 68.8 Å². The molecule has 0 spiro atoms. The van der Waals surface area contributed by atoms with Gasteiger partial charge in [0, 0.05) is 34.3 Å². The number of hydrogen-bond acceptors (Lipinski definition) is 2. The van der Waals surface area contributed by atoms with Gasteiger partial charge < -0.3 is 4.90 Å². The second kappa shape index (κ2) is 10.1. The van der Waals surface area contributed by atoms with Crippen molar-refractivity contribution in [2.24, 2.45) is 0 Å². The molecule has 0 heterocycles. The van der Waals surface area contributed by atoms with Crippen LogP contribution >= 0.6 is 23.4 Å². The zero-order valence-electron chi connectivity index (χ0n) is 16.4. The van der Waals surface area contributed by atoms with E-state index < -0.39 is 0 Å². The average molecular weight is 388 g/mol. The Morgan fingerprint density at radius 3 is 2.35 bits per heavy atom. The Morgan fingerprint density at radius 2 is 1.73 bits per heavy atom. The van der Waals surface area contributed by atoms with Crippen LogP contribution in [0.1, 0.15) is 48.9 Å². The molecular weight excluding hydrogens is 358 g/mol. The molecule has 0 aliphatic carbocycles. The molecule has 0 N–H and O–H groups in total. The maximum Gasteiger partial charge on any atom is 0.0409 e. The van der Waals surface area contributed by atoms with Crippen molar-refractivity contribution in [3.05, 3.63) is 70.3 Å². The molecule has 0 saturated carbocycles. The topological polar surface area (TPSA) is 3.24 Å². The van der Waals surface area contributed by atoms with Crippen LogP contribution in [0.2, 0.25) is 5.02 Å². The molecule has 1 nitrogen and oxygen atoms in total. The van der Waals surface area contributed by atoms with Crippen LogP contribution in [-0.4, -0.2) is 24.2 Å². The predicted molar refractivity (Wildman–Crippen MR) is 118 cm³/mol. The number of benzene rings is 2. The van der Waals surface area contributed by atoms with Gasteiger partial charge in [0.1, 0.15) is 0 Å². The van der Waals surface area contributed by atoms with Crippen molar-refractivity contribution >= 4 is 29.1 Å². The summed E-state index contributed by atoms with van der Waals surface area (Å²) in [4.78, 5) is 3.70. The van der Waals surface area contributed by atoms with Gasteiger partial charge in [-0.15, -0.1) is 11.8 Å². The van der Waals surface area contributed by atoms with Crippen molar-refractivity contribution in [3.8, 4) is 0 Å². The van der Waals surface area contributed by atoms with Crippen LogP contribution in [-0.2, 0) is 6.42 Å². The third-order valence-corrected chi connectivity index (χ3v) is 5.64. The van der Waals surface area contributed by atoms with Crippen LogP contribution in [0.15, 0.2) is 47.9 Å². The van der Waals surface area contributed by atoms with Gasteiger partial charge >= 0.3 is 0 Å². The standard InChI is InChI=1S/C23H30ClNS/c1-6-12-25(13-7-2)18(4)23-11-10-22(26-5)16-20(23)14-19-15-21(24)9-8-17(19)3/h8-11,15-16H,4,6-7,12-14H2,1-3,5H3. The fourth-order valence-electron chi connectivity index (χ4n) is 3.25. The Morgan fingerprint density at radius 1 is 1.04 bits per heavy atom. The number of rotatable bonds is 9. The molecule has 2 aromatic carbocycles. The monoisotopic (exact) mass is 387 g/mol. The highest BCUT2D eigenvalue weighted by atomic mass is 35.5. The van der Waals surface area contributed by atoms with Crippen molar-refractivity contribution < 1.29 is 0 Å². The molecule has 0 aromatic heterocycles. The Bertz CT molecular complexity index is 748. The highest BCUT2D eigenvalue weighted by Gasteiger charge is 2.14. The number of thioether (sulfide) groups is 1. The zero-order chi connectivity index (χ0) is 19.1. The summed E-state index contributed by atoms with van der Waals surface area (Å²) in [5, 5.41) is 0.797. The van der Waals surface area contributed by atoms with Crippen LogP contribution in [0.25, 0.3) is 5.70 Å². The van der Waals surface area contributed by atoms with Crippen LogP contribution in [0, 0.1) is 6.92 Å². The summed E-state index contributed by atoms with van der Waals surface area (Å²) in [6.07, 6.45) is 5.26. The van der Waals surface area contributed by atoms with E-state index in [1.807, 2.05) is 6.07 Å². The third-order valence-electron chi connectivity index (χ3n) is 4.68. The summed E-state index contributed by atoms with van der Waals surface area (Å²) in [6, 6.07) is 12.9. The molecule has 26 heavy (non-hydrogen) atoms. The van der Waals surface area contributed by atoms with E-state index in [4.69, 9.17) is 11.6 Å². The molecule has 140 valence electrons. The van der Waals surface area contributed by atoms with Crippen LogP contribution in [0.4, 0.5) is 0 Å². The molecule has 0 saturated heterocycles. The molecule has 0 unspecified atom stereocenters. The molecule has 0 aliphatic rings. The summed E-state index contributed by atoms with van der Waals surface area (Å²) in [7, 11) is 0. The van der Waals surface area contributed by atoms with Gasteiger partial charge in [-0.25, -0.2) is 0 Å². The summed E-state index contributed by atoms with van der Waals surface area (Å²) >= 11 is 8.03. The average Bonchev–Trinajstić information content (AvgIpc) is 2.64. The Labute approximate surface area is 168 Å². The first kappa shape index (κ1) is 20.9. The lowest BCUT2D eigenvalue weighted by atomic mass is 9.95.